The Morgan fingerprint density at radius 2 is 1.89 bits per heavy atom. The SMILES string of the molecule is CCCCCN1C(=O)C(C(C)(C)C)NC(=O)CC1C. The summed E-state index contributed by atoms with van der Waals surface area (Å²) in [5.74, 6) is 0.0562. The van der Waals surface area contributed by atoms with Crippen LogP contribution in [0.5, 0.6) is 0 Å². The Morgan fingerprint density at radius 1 is 1.26 bits per heavy atom. The summed E-state index contributed by atoms with van der Waals surface area (Å²) in [6, 6.07) is -0.414. The first-order valence-electron chi connectivity index (χ1n) is 7.37. The summed E-state index contributed by atoms with van der Waals surface area (Å²) < 4.78 is 0. The molecule has 0 bridgehead atoms. The van der Waals surface area contributed by atoms with Gasteiger partial charge in [-0.2, -0.15) is 0 Å². The Balaban J connectivity index is 2.87. The summed E-state index contributed by atoms with van der Waals surface area (Å²) in [6.45, 7) is 10.9. The molecule has 1 aliphatic rings. The van der Waals surface area contributed by atoms with Crippen molar-refractivity contribution < 1.29 is 9.59 Å². The lowest BCUT2D eigenvalue weighted by Gasteiger charge is -2.34. The number of unbranched alkanes of at least 4 members (excludes halogenated alkanes) is 2. The lowest BCUT2D eigenvalue weighted by atomic mass is 9.86. The number of hydrogen-bond donors (Lipinski definition) is 1. The minimum Gasteiger partial charge on any atom is -0.344 e. The fourth-order valence-electron chi connectivity index (χ4n) is 2.49. The average Bonchev–Trinajstić information content (AvgIpc) is 2.38. The van der Waals surface area contributed by atoms with Gasteiger partial charge in [-0.05, 0) is 18.8 Å². The molecule has 2 atom stereocenters. The van der Waals surface area contributed by atoms with Crippen LogP contribution < -0.4 is 5.32 Å². The second-order valence-electron chi connectivity index (χ2n) is 6.66. The fourth-order valence-corrected chi connectivity index (χ4v) is 2.49. The predicted molar refractivity (Wildman–Crippen MR) is 76.7 cm³/mol. The summed E-state index contributed by atoms with van der Waals surface area (Å²) in [4.78, 5) is 26.4. The van der Waals surface area contributed by atoms with Gasteiger partial charge in [0.1, 0.15) is 6.04 Å². The van der Waals surface area contributed by atoms with Gasteiger partial charge in [0.15, 0.2) is 0 Å². The van der Waals surface area contributed by atoms with Crippen LogP contribution in [0.3, 0.4) is 0 Å². The molecule has 0 aromatic carbocycles. The number of nitrogens with one attached hydrogen (secondary N) is 1. The first-order valence-corrected chi connectivity index (χ1v) is 7.37. The van der Waals surface area contributed by atoms with E-state index in [1.807, 2.05) is 32.6 Å². The number of amides is 2. The highest BCUT2D eigenvalue weighted by molar-refractivity contribution is 5.91. The third-order valence-electron chi connectivity index (χ3n) is 3.72. The normalized spacial score (nSPS) is 25.2. The Bertz CT molecular complexity index is 334. The first kappa shape index (κ1) is 16.0. The summed E-state index contributed by atoms with van der Waals surface area (Å²) in [6.07, 6.45) is 3.68. The minimum absolute atomic E-state index is 0.00305. The van der Waals surface area contributed by atoms with Gasteiger partial charge in [0.05, 0.1) is 0 Å². The quantitative estimate of drug-likeness (QED) is 0.796. The van der Waals surface area contributed by atoms with E-state index in [0.29, 0.717) is 6.42 Å². The molecule has 0 radical (unpaired) electrons. The van der Waals surface area contributed by atoms with Gasteiger partial charge in [-0.1, -0.05) is 40.5 Å². The lowest BCUT2D eigenvalue weighted by molar-refractivity contribution is -0.137. The van der Waals surface area contributed by atoms with E-state index in [2.05, 4.69) is 12.2 Å². The fraction of sp³-hybridized carbons (Fsp3) is 0.867. The van der Waals surface area contributed by atoms with Crippen molar-refractivity contribution in [3.05, 3.63) is 0 Å². The molecule has 19 heavy (non-hydrogen) atoms. The van der Waals surface area contributed by atoms with Crippen molar-refractivity contribution in [2.75, 3.05) is 6.54 Å². The maximum absolute atomic E-state index is 12.7. The molecule has 0 aliphatic carbocycles. The predicted octanol–water partition coefficient (Wildman–Crippen LogP) is 2.33. The number of carbonyl (C=O) groups excluding carboxylic acids is 2. The molecule has 1 fully saturated rings. The molecule has 1 rings (SSSR count). The number of hydrogen-bond acceptors (Lipinski definition) is 2. The molecule has 1 heterocycles. The van der Waals surface area contributed by atoms with Crippen molar-refractivity contribution in [2.45, 2.75) is 72.4 Å². The Kier molecular flexibility index (Phi) is 5.39. The molecular formula is C15H28N2O2. The number of nitrogens with zero attached hydrogens (tertiary/aromatic N) is 1. The molecule has 2 unspecified atom stereocenters. The zero-order valence-corrected chi connectivity index (χ0v) is 13.0. The van der Waals surface area contributed by atoms with Crippen LogP contribution in [-0.2, 0) is 9.59 Å². The summed E-state index contributed by atoms with van der Waals surface area (Å²) in [5.41, 5.74) is -0.250. The van der Waals surface area contributed by atoms with Gasteiger partial charge >= 0.3 is 0 Å². The van der Waals surface area contributed by atoms with Gasteiger partial charge in [-0.25, -0.2) is 0 Å². The average molecular weight is 268 g/mol. The van der Waals surface area contributed by atoms with Crippen molar-refractivity contribution in [3.63, 3.8) is 0 Å². The van der Waals surface area contributed by atoms with Crippen LogP contribution in [-0.4, -0.2) is 35.3 Å². The van der Waals surface area contributed by atoms with Crippen LogP contribution in [0.25, 0.3) is 0 Å². The molecular weight excluding hydrogens is 240 g/mol. The van der Waals surface area contributed by atoms with E-state index in [0.717, 1.165) is 25.8 Å². The third kappa shape index (κ3) is 4.22. The summed E-state index contributed by atoms with van der Waals surface area (Å²) in [5, 5.41) is 2.89. The van der Waals surface area contributed by atoms with Gasteiger partial charge in [0.2, 0.25) is 11.8 Å². The summed E-state index contributed by atoms with van der Waals surface area (Å²) >= 11 is 0. The van der Waals surface area contributed by atoms with Crippen molar-refractivity contribution in [1.29, 1.82) is 0 Å². The Hall–Kier alpha value is -1.06. The molecule has 110 valence electrons. The minimum atomic E-state index is -0.411. The zero-order valence-electron chi connectivity index (χ0n) is 13.0. The second-order valence-corrected chi connectivity index (χ2v) is 6.66. The molecule has 1 N–H and O–H groups in total. The van der Waals surface area contributed by atoms with Crippen molar-refractivity contribution >= 4 is 11.8 Å². The highest BCUT2D eigenvalue weighted by Gasteiger charge is 2.39. The van der Waals surface area contributed by atoms with Gasteiger partial charge < -0.3 is 10.2 Å². The van der Waals surface area contributed by atoms with Gasteiger partial charge in [-0.3, -0.25) is 9.59 Å². The highest BCUT2D eigenvalue weighted by atomic mass is 16.2. The molecule has 0 saturated carbocycles. The van der Waals surface area contributed by atoms with Crippen molar-refractivity contribution in [1.82, 2.24) is 10.2 Å². The van der Waals surface area contributed by atoms with Gasteiger partial charge in [0.25, 0.3) is 0 Å². The smallest absolute Gasteiger partial charge is 0.245 e. The Labute approximate surface area is 116 Å². The molecule has 0 aromatic rings. The van der Waals surface area contributed by atoms with Crippen LogP contribution >= 0.6 is 0 Å². The molecule has 0 aromatic heterocycles. The van der Waals surface area contributed by atoms with Crippen LogP contribution in [0.15, 0.2) is 0 Å². The van der Waals surface area contributed by atoms with Gasteiger partial charge in [-0.15, -0.1) is 0 Å². The van der Waals surface area contributed by atoms with Crippen LogP contribution in [0, 0.1) is 5.41 Å². The maximum Gasteiger partial charge on any atom is 0.245 e. The number of rotatable bonds is 4. The monoisotopic (exact) mass is 268 g/mol. The Morgan fingerprint density at radius 3 is 2.42 bits per heavy atom. The van der Waals surface area contributed by atoms with E-state index >= 15 is 0 Å². The molecule has 1 aliphatic heterocycles. The van der Waals surface area contributed by atoms with E-state index in [9.17, 15) is 9.59 Å². The van der Waals surface area contributed by atoms with E-state index in [1.54, 1.807) is 0 Å². The summed E-state index contributed by atoms with van der Waals surface area (Å²) in [7, 11) is 0. The molecule has 2 amide bonds. The van der Waals surface area contributed by atoms with E-state index in [4.69, 9.17) is 0 Å². The van der Waals surface area contributed by atoms with Gasteiger partial charge in [0, 0.05) is 19.0 Å². The zero-order chi connectivity index (χ0) is 14.6. The maximum atomic E-state index is 12.7. The highest BCUT2D eigenvalue weighted by Crippen LogP contribution is 2.25. The second kappa shape index (κ2) is 6.40. The lowest BCUT2D eigenvalue weighted by Crippen LogP contribution is -2.52. The topological polar surface area (TPSA) is 49.4 Å². The van der Waals surface area contributed by atoms with E-state index in [1.165, 1.54) is 0 Å². The van der Waals surface area contributed by atoms with E-state index in [-0.39, 0.29) is 23.3 Å². The van der Waals surface area contributed by atoms with Crippen molar-refractivity contribution in [3.8, 4) is 0 Å². The third-order valence-corrected chi connectivity index (χ3v) is 3.72. The van der Waals surface area contributed by atoms with Crippen LogP contribution in [0.2, 0.25) is 0 Å². The van der Waals surface area contributed by atoms with Crippen molar-refractivity contribution in [2.24, 2.45) is 5.41 Å². The standard InChI is InChI=1S/C15H28N2O2/c1-6-7-8-9-17-11(2)10-12(18)16-13(14(17)19)15(3,4)5/h11,13H,6-10H2,1-5H3,(H,16,18). The molecule has 4 nitrogen and oxygen atoms in total. The van der Waals surface area contributed by atoms with Crippen LogP contribution in [0.4, 0.5) is 0 Å². The molecule has 4 heteroatoms. The molecule has 0 spiro atoms. The molecule has 1 saturated heterocycles. The van der Waals surface area contributed by atoms with Crippen LogP contribution in [0.1, 0.15) is 60.3 Å². The first-order chi connectivity index (χ1) is 8.77. The van der Waals surface area contributed by atoms with E-state index < -0.39 is 6.04 Å². The number of carbonyl (C=O) groups is 2. The largest absolute Gasteiger partial charge is 0.344 e.